The van der Waals surface area contributed by atoms with Gasteiger partial charge in [0.25, 0.3) is 0 Å². The van der Waals surface area contributed by atoms with E-state index in [9.17, 15) is 31.1 Å². The van der Waals surface area contributed by atoms with Crippen LogP contribution in [0.25, 0.3) is 0 Å². The number of likely N-dealkylation sites (tertiary alicyclic amines) is 1. The summed E-state index contributed by atoms with van der Waals surface area (Å²) in [7, 11) is 0. The molecule has 0 aromatic heterocycles. The van der Waals surface area contributed by atoms with Crippen LogP contribution in [0.1, 0.15) is 30.5 Å². The Bertz CT molecular complexity index is 646. The van der Waals surface area contributed by atoms with E-state index in [-0.39, 0.29) is 19.0 Å². The van der Waals surface area contributed by atoms with E-state index in [1.807, 2.05) is 0 Å². The number of alkyl halides is 6. The highest BCUT2D eigenvalue weighted by Gasteiger charge is 2.34. The average Bonchev–Trinajstić information content (AvgIpc) is 2.97. The maximum absolute atomic E-state index is 12.7. The van der Waals surface area contributed by atoms with E-state index in [0.717, 1.165) is 12.1 Å². The van der Waals surface area contributed by atoms with Crippen molar-refractivity contribution in [3.63, 3.8) is 0 Å². The van der Waals surface area contributed by atoms with Crippen molar-refractivity contribution >= 4 is 6.03 Å². The van der Waals surface area contributed by atoms with Gasteiger partial charge in [0, 0.05) is 13.1 Å². The molecule has 2 N–H and O–H groups in total. The molecule has 1 aliphatic rings. The Morgan fingerprint density at radius 3 is 2.59 bits per heavy atom. The quantitative estimate of drug-likeness (QED) is 0.739. The average molecular weight is 397 g/mol. The van der Waals surface area contributed by atoms with Crippen LogP contribution in [0, 0.1) is 5.92 Å². The number of amides is 2. The van der Waals surface area contributed by atoms with E-state index in [0.29, 0.717) is 18.5 Å². The van der Waals surface area contributed by atoms with Gasteiger partial charge >= 0.3 is 18.4 Å². The van der Waals surface area contributed by atoms with Crippen LogP contribution in [0.3, 0.4) is 0 Å². The van der Waals surface area contributed by atoms with Crippen molar-refractivity contribution in [2.45, 2.75) is 31.7 Å². The van der Waals surface area contributed by atoms with Gasteiger partial charge < -0.3 is 10.6 Å². The van der Waals surface area contributed by atoms with E-state index in [1.54, 1.807) is 6.92 Å². The zero-order valence-corrected chi connectivity index (χ0v) is 14.6. The van der Waals surface area contributed by atoms with Crippen molar-refractivity contribution in [3.05, 3.63) is 35.4 Å². The van der Waals surface area contributed by atoms with Crippen LogP contribution in [0.5, 0.6) is 0 Å². The number of nitrogens with zero attached hydrogens (tertiary/aromatic N) is 1. The Balaban J connectivity index is 1.79. The summed E-state index contributed by atoms with van der Waals surface area (Å²) in [5, 5.41) is 5.11. The van der Waals surface area contributed by atoms with Crippen LogP contribution in [0.2, 0.25) is 0 Å². The van der Waals surface area contributed by atoms with Crippen LogP contribution in [-0.4, -0.2) is 43.3 Å². The molecule has 0 aliphatic carbocycles. The molecule has 2 amide bonds. The fourth-order valence-electron chi connectivity index (χ4n) is 3.03. The summed E-state index contributed by atoms with van der Waals surface area (Å²) in [6.45, 7) is 1.34. The molecular formula is C17H21F6N3O. The van der Waals surface area contributed by atoms with Crippen LogP contribution in [-0.2, 0) is 6.18 Å². The molecule has 0 spiro atoms. The SMILES string of the molecule is C[C@H](NC(=O)NC[C@@H]1CCN(CC(F)(F)F)C1)c1cccc(C(F)(F)F)c1. The van der Waals surface area contributed by atoms with Crippen LogP contribution in [0.4, 0.5) is 31.1 Å². The molecule has 0 bridgehead atoms. The number of urea groups is 1. The first kappa shape index (κ1) is 21.3. The molecule has 2 atom stereocenters. The molecule has 1 heterocycles. The number of halogens is 6. The maximum atomic E-state index is 12.7. The topological polar surface area (TPSA) is 44.4 Å². The van der Waals surface area contributed by atoms with Crippen LogP contribution >= 0.6 is 0 Å². The minimum atomic E-state index is -4.47. The number of rotatable bonds is 5. The van der Waals surface area contributed by atoms with Gasteiger partial charge in [0.05, 0.1) is 18.2 Å². The van der Waals surface area contributed by atoms with Crippen molar-refractivity contribution in [2.75, 3.05) is 26.2 Å². The molecule has 0 unspecified atom stereocenters. The molecule has 2 rings (SSSR count). The number of nitrogens with one attached hydrogen (secondary N) is 2. The second kappa shape index (κ2) is 8.37. The van der Waals surface area contributed by atoms with Gasteiger partial charge in [0.2, 0.25) is 0 Å². The zero-order chi connectivity index (χ0) is 20.2. The highest BCUT2D eigenvalue weighted by atomic mass is 19.4. The zero-order valence-electron chi connectivity index (χ0n) is 14.6. The standard InChI is InChI=1S/C17H21F6N3O/c1-11(13-3-2-4-14(7-13)17(21,22)23)25-15(27)24-8-12-5-6-26(9-12)10-16(18,19)20/h2-4,7,11-12H,5-6,8-10H2,1H3,(H2,24,25,27)/t11-,12-/m0/s1. The lowest BCUT2D eigenvalue weighted by Crippen LogP contribution is -2.40. The lowest BCUT2D eigenvalue weighted by molar-refractivity contribution is -0.143. The van der Waals surface area contributed by atoms with Gasteiger partial charge in [-0.15, -0.1) is 0 Å². The third-order valence-corrected chi connectivity index (χ3v) is 4.39. The highest BCUT2D eigenvalue weighted by molar-refractivity contribution is 5.74. The predicted octanol–water partition coefficient (Wildman–Crippen LogP) is 3.95. The summed E-state index contributed by atoms with van der Waals surface area (Å²) in [6.07, 6.45) is -8.18. The van der Waals surface area contributed by atoms with Crippen LogP contribution in [0.15, 0.2) is 24.3 Å². The number of carbonyl (C=O) groups is 1. The van der Waals surface area contributed by atoms with Gasteiger partial charge in [0.1, 0.15) is 0 Å². The van der Waals surface area contributed by atoms with Crippen molar-refractivity contribution < 1.29 is 31.1 Å². The van der Waals surface area contributed by atoms with Gasteiger partial charge in [-0.05, 0) is 43.5 Å². The van der Waals surface area contributed by atoms with E-state index in [1.165, 1.54) is 17.0 Å². The van der Waals surface area contributed by atoms with Crippen LogP contribution < -0.4 is 10.6 Å². The van der Waals surface area contributed by atoms with Gasteiger partial charge in [-0.2, -0.15) is 26.3 Å². The fraction of sp³-hybridized carbons (Fsp3) is 0.588. The Labute approximate surface area is 152 Å². The molecule has 10 heteroatoms. The lowest BCUT2D eigenvalue weighted by Gasteiger charge is -2.19. The smallest absolute Gasteiger partial charge is 0.338 e. The van der Waals surface area contributed by atoms with E-state index < -0.39 is 36.5 Å². The van der Waals surface area contributed by atoms with E-state index in [4.69, 9.17) is 0 Å². The number of carbonyl (C=O) groups excluding carboxylic acids is 1. The Morgan fingerprint density at radius 1 is 1.26 bits per heavy atom. The predicted molar refractivity (Wildman–Crippen MR) is 87.0 cm³/mol. The largest absolute Gasteiger partial charge is 0.416 e. The molecule has 0 saturated carbocycles. The van der Waals surface area contributed by atoms with Crippen molar-refractivity contribution in [2.24, 2.45) is 5.92 Å². The van der Waals surface area contributed by atoms with Crippen molar-refractivity contribution in [3.8, 4) is 0 Å². The summed E-state index contributed by atoms with van der Waals surface area (Å²) in [5.41, 5.74) is -0.498. The number of hydrogen-bond donors (Lipinski definition) is 2. The van der Waals surface area contributed by atoms with Crippen molar-refractivity contribution in [1.82, 2.24) is 15.5 Å². The molecule has 1 aromatic carbocycles. The normalized spacial score (nSPS) is 19.7. The Kier molecular flexibility index (Phi) is 6.61. The minimum absolute atomic E-state index is 0.0954. The molecule has 1 aliphatic heterocycles. The molecule has 0 radical (unpaired) electrons. The summed E-state index contributed by atoms with van der Waals surface area (Å²) in [6, 6.07) is 3.43. The summed E-state index contributed by atoms with van der Waals surface area (Å²) in [5.74, 6) is -0.0954. The van der Waals surface area contributed by atoms with Gasteiger partial charge in [0.15, 0.2) is 0 Å². The first-order chi connectivity index (χ1) is 12.4. The first-order valence-electron chi connectivity index (χ1n) is 8.44. The van der Waals surface area contributed by atoms with Gasteiger partial charge in [-0.1, -0.05) is 12.1 Å². The maximum Gasteiger partial charge on any atom is 0.416 e. The molecule has 4 nitrogen and oxygen atoms in total. The van der Waals surface area contributed by atoms with Gasteiger partial charge in [-0.25, -0.2) is 4.79 Å². The minimum Gasteiger partial charge on any atom is -0.338 e. The third kappa shape index (κ3) is 6.93. The number of benzene rings is 1. The summed E-state index contributed by atoms with van der Waals surface area (Å²) < 4.78 is 75.3. The number of hydrogen-bond acceptors (Lipinski definition) is 2. The fourth-order valence-corrected chi connectivity index (χ4v) is 3.03. The molecule has 1 aromatic rings. The first-order valence-corrected chi connectivity index (χ1v) is 8.44. The second-order valence-electron chi connectivity index (χ2n) is 6.70. The lowest BCUT2D eigenvalue weighted by atomic mass is 10.1. The van der Waals surface area contributed by atoms with E-state index in [2.05, 4.69) is 10.6 Å². The van der Waals surface area contributed by atoms with Crippen molar-refractivity contribution in [1.29, 1.82) is 0 Å². The molecular weight excluding hydrogens is 376 g/mol. The Hall–Kier alpha value is -1.97. The molecule has 152 valence electrons. The van der Waals surface area contributed by atoms with E-state index >= 15 is 0 Å². The highest BCUT2D eigenvalue weighted by Crippen LogP contribution is 2.30. The summed E-state index contributed by atoms with van der Waals surface area (Å²) in [4.78, 5) is 13.2. The van der Waals surface area contributed by atoms with Gasteiger partial charge in [-0.3, -0.25) is 4.90 Å². The second-order valence-corrected chi connectivity index (χ2v) is 6.70. The molecule has 1 saturated heterocycles. The molecule has 1 fully saturated rings. The Morgan fingerprint density at radius 2 is 1.96 bits per heavy atom. The summed E-state index contributed by atoms with van der Waals surface area (Å²) >= 11 is 0. The third-order valence-electron chi connectivity index (χ3n) is 4.39. The molecule has 27 heavy (non-hydrogen) atoms. The monoisotopic (exact) mass is 397 g/mol.